The molecular formula is C27H34N8O3S. The summed E-state index contributed by atoms with van der Waals surface area (Å²) in [5.41, 5.74) is 11.1. The molecule has 2 aromatic carbocycles. The van der Waals surface area contributed by atoms with Crippen molar-refractivity contribution >= 4 is 49.8 Å². The number of hydrogen-bond donors (Lipinski definition) is 2. The first-order valence-corrected chi connectivity index (χ1v) is 14.2. The molecule has 0 amide bonds. The van der Waals surface area contributed by atoms with Crippen molar-refractivity contribution in [2.45, 2.75) is 13.8 Å². The van der Waals surface area contributed by atoms with Crippen LogP contribution < -0.4 is 25.0 Å². The maximum absolute atomic E-state index is 12.9. The molecule has 0 fully saturated rings. The summed E-state index contributed by atoms with van der Waals surface area (Å²) in [6, 6.07) is 11.0. The SMILES string of the molecule is CCN(CC)CCN(C)c1cc(OC)c(Nc2nccc(-c3cn4c5c(cccc35)N(C)S4(=O)=O)n2)cc1N. The normalized spacial score (nSPS) is 13.8. The first-order valence-electron chi connectivity index (χ1n) is 12.8. The highest BCUT2D eigenvalue weighted by molar-refractivity contribution is 7.91. The number of hydrogen-bond acceptors (Lipinski definition) is 9. The van der Waals surface area contributed by atoms with E-state index in [-0.39, 0.29) is 0 Å². The Morgan fingerprint density at radius 3 is 2.62 bits per heavy atom. The smallest absolute Gasteiger partial charge is 0.330 e. The lowest BCUT2D eigenvalue weighted by atomic mass is 10.1. The van der Waals surface area contributed by atoms with E-state index in [1.807, 2.05) is 31.3 Å². The van der Waals surface area contributed by atoms with Gasteiger partial charge >= 0.3 is 10.2 Å². The first-order chi connectivity index (χ1) is 18.7. The Kier molecular flexibility index (Phi) is 7.00. The molecule has 2 aromatic heterocycles. The van der Waals surface area contributed by atoms with Crippen LogP contribution in [0, 0.1) is 0 Å². The van der Waals surface area contributed by atoms with Crippen LogP contribution in [0.2, 0.25) is 0 Å². The number of nitrogen functional groups attached to an aromatic ring is 1. The predicted octanol–water partition coefficient (Wildman–Crippen LogP) is 3.75. The van der Waals surface area contributed by atoms with Crippen LogP contribution in [0.4, 0.5) is 28.7 Å². The number of methoxy groups -OCH3 is 1. The summed E-state index contributed by atoms with van der Waals surface area (Å²) in [5.74, 6) is 0.939. The monoisotopic (exact) mass is 550 g/mol. The van der Waals surface area contributed by atoms with Gasteiger partial charge in [-0.2, -0.15) is 8.42 Å². The third-order valence-electron chi connectivity index (χ3n) is 7.29. The van der Waals surface area contributed by atoms with E-state index in [0.29, 0.717) is 45.5 Å². The van der Waals surface area contributed by atoms with E-state index in [2.05, 4.69) is 33.9 Å². The number of benzene rings is 2. The summed E-state index contributed by atoms with van der Waals surface area (Å²) in [7, 11) is 1.51. The second kappa shape index (κ2) is 10.3. The van der Waals surface area contributed by atoms with Gasteiger partial charge in [0, 0.05) is 56.6 Å². The number of nitrogens with two attached hydrogens (primary N) is 1. The van der Waals surface area contributed by atoms with E-state index in [9.17, 15) is 8.42 Å². The number of nitrogens with one attached hydrogen (secondary N) is 1. The van der Waals surface area contributed by atoms with E-state index in [4.69, 9.17) is 15.5 Å². The Morgan fingerprint density at radius 2 is 1.90 bits per heavy atom. The van der Waals surface area contributed by atoms with Crippen LogP contribution in [0.3, 0.4) is 0 Å². The highest BCUT2D eigenvalue weighted by Crippen LogP contribution is 2.42. The van der Waals surface area contributed by atoms with Crippen molar-refractivity contribution in [3.8, 4) is 17.0 Å². The topological polar surface area (TPSA) is 122 Å². The standard InChI is InChI=1S/C27H34N8O3S/c1-6-34(7-2)14-13-32(3)24-16-25(38-5)22(15-20(24)28)31-27-29-12-11-21(30-27)19-17-35-26-18(19)9-8-10-23(26)33(4)39(35,36)37/h8-12,15-17H,6-7,13-14,28H2,1-5H3,(H,29,30,31). The maximum Gasteiger partial charge on any atom is 0.330 e. The zero-order valence-electron chi connectivity index (χ0n) is 22.8. The summed E-state index contributed by atoms with van der Waals surface area (Å²) in [6.45, 7) is 8.07. The molecule has 3 N–H and O–H groups in total. The fraction of sp³-hybridized carbons (Fsp3) is 0.333. The van der Waals surface area contributed by atoms with Gasteiger partial charge in [0.05, 0.1) is 41.1 Å². The Hall–Kier alpha value is -4.03. The number of likely N-dealkylation sites (N-methyl/N-ethyl adjacent to an activating group) is 2. The minimum absolute atomic E-state index is 0.335. The molecule has 0 spiro atoms. The minimum Gasteiger partial charge on any atom is -0.494 e. The van der Waals surface area contributed by atoms with Gasteiger partial charge in [0.2, 0.25) is 5.95 Å². The molecule has 0 radical (unpaired) electrons. The highest BCUT2D eigenvalue weighted by atomic mass is 32.2. The molecule has 0 saturated carbocycles. The van der Waals surface area contributed by atoms with Gasteiger partial charge < -0.3 is 25.6 Å². The first kappa shape index (κ1) is 26.6. The van der Waals surface area contributed by atoms with Crippen LogP contribution in [0.5, 0.6) is 5.75 Å². The minimum atomic E-state index is -3.67. The third kappa shape index (κ3) is 4.59. The molecule has 12 heteroatoms. The second-order valence-corrected chi connectivity index (χ2v) is 11.3. The number of ether oxygens (including phenoxy) is 1. The zero-order valence-corrected chi connectivity index (χ0v) is 23.7. The van der Waals surface area contributed by atoms with Gasteiger partial charge in [0.15, 0.2) is 0 Å². The highest BCUT2D eigenvalue weighted by Gasteiger charge is 2.34. The van der Waals surface area contributed by atoms with Crippen molar-refractivity contribution < 1.29 is 13.2 Å². The quantitative estimate of drug-likeness (QED) is 0.284. The summed E-state index contributed by atoms with van der Waals surface area (Å²) in [5, 5.41) is 4.02. The molecular weight excluding hydrogens is 516 g/mol. The molecule has 0 bridgehead atoms. The van der Waals surface area contributed by atoms with E-state index < -0.39 is 10.2 Å². The van der Waals surface area contributed by atoms with Gasteiger partial charge in [0.25, 0.3) is 0 Å². The molecule has 1 aliphatic rings. The van der Waals surface area contributed by atoms with Crippen molar-refractivity contribution in [3.63, 3.8) is 0 Å². The van der Waals surface area contributed by atoms with Gasteiger partial charge in [0.1, 0.15) is 5.75 Å². The lowest BCUT2D eigenvalue weighted by Crippen LogP contribution is -2.33. The Labute approximate surface area is 229 Å². The number of nitrogens with zero attached hydrogens (tertiary/aromatic N) is 6. The van der Waals surface area contributed by atoms with Gasteiger partial charge in [-0.05, 0) is 31.3 Å². The molecule has 0 unspecified atom stereocenters. The molecule has 1 aliphatic heterocycles. The van der Waals surface area contributed by atoms with Crippen LogP contribution >= 0.6 is 0 Å². The fourth-order valence-corrected chi connectivity index (χ4v) is 6.27. The molecule has 5 rings (SSSR count). The third-order valence-corrected chi connectivity index (χ3v) is 8.96. The molecule has 206 valence electrons. The summed E-state index contributed by atoms with van der Waals surface area (Å²) >= 11 is 0. The number of rotatable bonds is 10. The van der Waals surface area contributed by atoms with Gasteiger partial charge in [-0.1, -0.05) is 26.0 Å². The zero-order chi connectivity index (χ0) is 27.9. The van der Waals surface area contributed by atoms with Crippen molar-refractivity contribution in [3.05, 3.63) is 48.8 Å². The lowest BCUT2D eigenvalue weighted by Gasteiger charge is -2.26. The number of anilines is 5. The molecule has 0 atom stereocenters. The van der Waals surface area contributed by atoms with Crippen LogP contribution in [0.25, 0.3) is 22.2 Å². The molecule has 0 saturated heterocycles. The van der Waals surface area contributed by atoms with Gasteiger partial charge in [-0.15, -0.1) is 0 Å². The maximum atomic E-state index is 12.9. The Bertz CT molecular complexity index is 1630. The van der Waals surface area contributed by atoms with Crippen molar-refractivity contribution in [2.75, 3.05) is 67.6 Å². The van der Waals surface area contributed by atoms with Crippen LogP contribution in [-0.2, 0) is 10.2 Å². The largest absolute Gasteiger partial charge is 0.494 e. The predicted molar refractivity (Wildman–Crippen MR) is 157 cm³/mol. The summed E-state index contributed by atoms with van der Waals surface area (Å²) in [6.07, 6.45) is 3.25. The molecule has 11 nitrogen and oxygen atoms in total. The van der Waals surface area contributed by atoms with Crippen molar-refractivity contribution in [1.82, 2.24) is 18.8 Å². The molecule has 0 aliphatic carbocycles. The average molecular weight is 551 g/mol. The summed E-state index contributed by atoms with van der Waals surface area (Å²) in [4.78, 5) is 13.6. The van der Waals surface area contributed by atoms with Crippen LogP contribution in [-0.4, -0.2) is 74.6 Å². The van der Waals surface area contributed by atoms with E-state index >= 15 is 0 Å². The van der Waals surface area contributed by atoms with E-state index in [1.54, 1.807) is 38.7 Å². The summed E-state index contributed by atoms with van der Waals surface area (Å²) < 4.78 is 34.1. The van der Waals surface area contributed by atoms with E-state index in [0.717, 1.165) is 37.3 Å². The number of aromatic nitrogens is 3. The van der Waals surface area contributed by atoms with E-state index in [1.165, 1.54) is 8.28 Å². The van der Waals surface area contributed by atoms with Crippen LogP contribution in [0.15, 0.2) is 48.8 Å². The Balaban J connectivity index is 1.44. The fourth-order valence-electron chi connectivity index (χ4n) is 4.95. The molecule has 4 aromatic rings. The molecule has 39 heavy (non-hydrogen) atoms. The average Bonchev–Trinajstić information content (AvgIpc) is 3.42. The number of para-hydroxylation sites is 1. The van der Waals surface area contributed by atoms with Crippen LogP contribution in [0.1, 0.15) is 13.8 Å². The molecule has 3 heterocycles. The second-order valence-electron chi connectivity index (χ2n) is 9.44. The van der Waals surface area contributed by atoms with Crippen molar-refractivity contribution in [1.29, 1.82) is 0 Å². The van der Waals surface area contributed by atoms with Gasteiger partial charge in [-0.3, -0.25) is 4.31 Å². The Morgan fingerprint density at radius 1 is 1.13 bits per heavy atom. The van der Waals surface area contributed by atoms with Gasteiger partial charge in [-0.25, -0.2) is 13.9 Å². The van der Waals surface area contributed by atoms with Crippen molar-refractivity contribution in [2.24, 2.45) is 0 Å². The lowest BCUT2D eigenvalue weighted by molar-refractivity contribution is 0.311.